The first-order valence-electron chi connectivity index (χ1n) is 9.19. The Kier molecular flexibility index (Phi) is 5.97. The van der Waals surface area contributed by atoms with Crippen LogP contribution in [-0.4, -0.2) is 26.2 Å². The highest BCUT2D eigenvalue weighted by atomic mass is 15.0. The molecule has 1 saturated heterocycles. The summed E-state index contributed by atoms with van der Waals surface area (Å²) in [6, 6.07) is 13.3. The molecule has 0 atom stereocenters. The van der Waals surface area contributed by atoms with Crippen LogP contribution in [0.4, 0.5) is 11.4 Å². The predicted octanol–water partition coefficient (Wildman–Crippen LogP) is 2.22. The maximum absolute atomic E-state index is 5.98. The van der Waals surface area contributed by atoms with Crippen molar-refractivity contribution in [2.75, 3.05) is 30.8 Å². The number of rotatable bonds is 5. The lowest BCUT2D eigenvalue weighted by Crippen LogP contribution is -2.38. The van der Waals surface area contributed by atoms with Gasteiger partial charge in [0.05, 0.1) is 0 Å². The minimum Gasteiger partial charge on any atom is -0.404 e. The molecule has 0 aromatic heterocycles. The first kappa shape index (κ1) is 18.1. The van der Waals surface area contributed by atoms with Crippen LogP contribution < -0.4 is 32.1 Å². The van der Waals surface area contributed by atoms with Gasteiger partial charge in [-0.25, -0.2) is 0 Å². The van der Waals surface area contributed by atoms with Crippen molar-refractivity contribution >= 4 is 23.7 Å². The molecule has 1 aliphatic heterocycles. The monoisotopic (exact) mass is 348 g/mol. The van der Waals surface area contributed by atoms with E-state index < -0.39 is 0 Å². The third kappa shape index (κ3) is 4.09. The minimum absolute atomic E-state index is 0.463. The fraction of sp³-hybridized carbons (Fsp3) is 0.273. The van der Waals surface area contributed by atoms with E-state index in [4.69, 9.17) is 5.73 Å². The van der Waals surface area contributed by atoms with Gasteiger partial charge in [0.25, 0.3) is 0 Å². The Bertz CT molecular complexity index is 880. The fourth-order valence-corrected chi connectivity index (χ4v) is 3.45. The smallest absolute Gasteiger partial charge is 0.0442 e. The maximum Gasteiger partial charge on any atom is 0.0442 e. The molecule has 1 fully saturated rings. The van der Waals surface area contributed by atoms with Crippen molar-refractivity contribution in [2.24, 2.45) is 5.73 Å². The number of benzene rings is 2. The molecule has 0 unspecified atom stereocenters. The number of hydrogen-bond donors (Lipinski definition) is 4. The lowest BCUT2D eigenvalue weighted by atomic mass is 10.00. The third-order valence-electron chi connectivity index (χ3n) is 4.86. The Hall–Kier alpha value is -2.72. The van der Waals surface area contributed by atoms with Crippen LogP contribution in [-0.2, 0) is 0 Å². The molecule has 4 nitrogen and oxygen atoms in total. The lowest BCUT2D eigenvalue weighted by molar-refractivity contribution is 0.479. The van der Waals surface area contributed by atoms with Crippen molar-refractivity contribution in [1.29, 1.82) is 0 Å². The standard InChI is InChI=1S/C22H28N4/c1-3-5-17-12-18(16-6-4-7-20(13-16)24-2)14-22(21(17)15-23)26-19-8-10-25-11-9-19/h3-7,12-15,19,24-26H,1,8-11,23H2,2H3/b17-5-,21-15+. The number of piperidine rings is 1. The largest absolute Gasteiger partial charge is 0.404 e. The molecule has 2 aromatic rings. The number of nitrogens with two attached hydrogens (primary N) is 1. The van der Waals surface area contributed by atoms with Gasteiger partial charge in [-0.1, -0.05) is 30.9 Å². The minimum atomic E-state index is 0.463. The van der Waals surface area contributed by atoms with E-state index in [-0.39, 0.29) is 0 Å². The molecule has 3 rings (SSSR count). The molecule has 1 aliphatic rings. The summed E-state index contributed by atoms with van der Waals surface area (Å²) in [7, 11) is 1.94. The third-order valence-corrected chi connectivity index (χ3v) is 4.86. The average Bonchev–Trinajstić information content (AvgIpc) is 2.69. The molecule has 0 saturated carbocycles. The van der Waals surface area contributed by atoms with Crippen LogP contribution in [0.5, 0.6) is 0 Å². The highest BCUT2D eigenvalue weighted by molar-refractivity contribution is 5.72. The zero-order valence-corrected chi connectivity index (χ0v) is 15.4. The van der Waals surface area contributed by atoms with Crippen LogP contribution in [0.2, 0.25) is 0 Å². The van der Waals surface area contributed by atoms with Gasteiger partial charge in [-0.05, 0) is 66.5 Å². The van der Waals surface area contributed by atoms with Crippen molar-refractivity contribution in [1.82, 2.24) is 5.32 Å². The molecule has 5 N–H and O–H groups in total. The molecule has 26 heavy (non-hydrogen) atoms. The van der Waals surface area contributed by atoms with Crippen LogP contribution >= 0.6 is 0 Å². The molecule has 136 valence electrons. The molecule has 0 radical (unpaired) electrons. The Labute approximate surface area is 155 Å². The van der Waals surface area contributed by atoms with Crippen LogP contribution in [0.15, 0.2) is 49.1 Å². The van der Waals surface area contributed by atoms with E-state index in [0.29, 0.717) is 6.04 Å². The van der Waals surface area contributed by atoms with Crippen LogP contribution in [0, 0.1) is 0 Å². The normalized spacial score (nSPS) is 16.5. The molecule has 1 heterocycles. The van der Waals surface area contributed by atoms with Crippen LogP contribution in [0.3, 0.4) is 0 Å². The second kappa shape index (κ2) is 8.59. The van der Waals surface area contributed by atoms with Crippen molar-refractivity contribution < 1.29 is 0 Å². The van der Waals surface area contributed by atoms with E-state index in [9.17, 15) is 0 Å². The Morgan fingerprint density at radius 3 is 2.65 bits per heavy atom. The highest BCUT2D eigenvalue weighted by Crippen LogP contribution is 2.23. The SMILES string of the molecule is C=C/C=c1/cc(-c2cccc(NC)c2)cc(NC2CCNCC2)/c1=C/N. The lowest BCUT2D eigenvalue weighted by Gasteiger charge is -2.25. The number of hydrogen-bond acceptors (Lipinski definition) is 4. The first-order chi connectivity index (χ1) is 12.7. The fourth-order valence-electron chi connectivity index (χ4n) is 3.45. The Morgan fingerprint density at radius 2 is 1.96 bits per heavy atom. The van der Waals surface area contributed by atoms with Gasteiger partial charge in [0.1, 0.15) is 0 Å². The predicted molar refractivity (Wildman–Crippen MR) is 114 cm³/mol. The Balaban J connectivity index is 2.10. The van der Waals surface area contributed by atoms with Gasteiger partial charge in [-0.15, -0.1) is 0 Å². The summed E-state index contributed by atoms with van der Waals surface area (Å²) in [5, 5.41) is 12.4. The summed E-state index contributed by atoms with van der Waals surface area (Å²) in [5.41, 5.74) is 10.5. The first-order valence-corrected chi connectivity index (χ1v) is 9.19. The van der Waals surface area contributed by atoms with E-state index in [0.717, 1.165) is 53.3 Å². The van der Waals surface area contributed by atoms with E-state index in [2.05, 4.69) is 58.9 Å². The molecule has 4 heteroatoms. The summed E-state index contributed by atoms with van der Waals surface area (Å²) >= 11 is 0. The summed E-state index contributed by atoms with van der Waals surface area (Å²) in [4.78, 5) is 0. The van der Waals surface area contributed by atoms with Gasteiger partial charge in [0, 0.05) is 35.9 Å². The van der Waals surface area contributed by atoms with Crippen molar-refractivity contribution in [2.45, 2.75) is 18.9 Å². The van der Waals surface area contributed by atoms with Crippen LogP contribution in [0.25, 0.3) is 23.4 Å². The van der Waals surface area contributed by atoms with Gasteiger partial charge in [0.15, 0.2) is 0 Å². The van der Waals surface area contributed by atoms with Crippen LogP contribution in [0.1, 0.15) is 12.8 Å². The van der Waals surface area contributed by atoms with Crippen molar-refractivity contribution in [3.63, 3.8) is 0 Å². The molecular weight excluding hydrogens is 320 g/mol. The topological polar surface area (TPSA) is 62.1 Å². The van der Waals surface area contributed by atoms with E-state index in [1.54, 1.807) is 6.20 Å². The van der Waals surface area contributed by atoms with Crippen molar-refractivity contribution in [3.8, 4) is 11.1 Å². The van der Waals surface area contributed by atoms with Crippen molar-refractivity contribution in [3.05, 3.63) is 59.5 Å². The van der Waals surface area contributed by atoms with Gasteiger partial charge in [-0.2, -0.15) is 0 Å². The second-order valence-electron chi connectivity index (χ2n) is 6.60. The van der Waals surface area contributed by atoms with E-state index in [1.807, 2.05) is 19.2 Å². The number of anilines is 2. The maximum atomic E-state index is 5.98. The zero-order chi connectivity index (χ0) is 18.4. The molecule has 0 bridgehead atoms. The number of allylic oxidation sites excluding steroid dienone is 1. The summed E-state index contributed by atoms with van der Waals surface area (Å²) in [5.74, 6) is 0. The summed E-state index contributed by atoms with van der Waals surface area (Å²) in [6.07, 6.45) is 7.74. The summed E-state index contributed by atoms with van der Waals surface area (Å²) in [6.45, 7) is 5.96. The summed E-state index contributed by atoms with van der Waals surface area (Å²) < 4.78 is 0. The molecule has 0 aliphatic carbocycles. The Morgan fingerprint density at radius 1 is 1.15 bits per heavy atom. The molecule has 0 spiro atoms. The van der Waals surface area contributed by atoms with Gasteiger partial charge in [0.2, 0.25) is 0 Å². The van der Waals surface area contributed by atoms with Gasteiger partial charge >= 0.3 is 0 Å². The number of nitrogens with one attached hydrogen (secondary N) is 3. The highest BCUT2D eigenvalue weighted by Gasteiger charge is 2.14. The zero-order valence-electron chi connectivity index (χ0n) is 15.4. The molecular formula is C22H28N4. The van der Waals surface area contributed by atoms with E-state index in [1.165, 1.54) is 5.56 Å². The average molecular weight is 348 g/mol. The van der Waals surface area contributed by atoms with Gasteiger partial charge in [-0.3, -0.25) is 0 Å². The van der Waals surface area contributed by atoms with Gasteiger partial charge < -0.3 is 21.7 Å². The molecule has 0 amide bonds. The van der Waals surface area contributed by atoms with E-state index >= 15 is 0 Å². The molecule has 2 aromatic carbocycles. The quantitative estimate of drug-likeness (QED) is 0.669. The second-order valence-corrected chi connectivity index (χ2v) is 6.60.